The molecule has 0 unspecified atom stereocenters. The molecule has 0 heterocycles. The standard InChI is InChI=1S/C23H16BrClN2O2/c24-19-8-10-21(11-9-19)27-23(28)18(14-26)13-17-5-1-2-7-22(17)29-15-16-4-3-6-20(25)12-16/h1-13H,15H2,(H,27,28)/b18-13+. The minimum Gasteiger partial charge on any atom is -0.488 e. The third-order valence-corrected chi connectivity index (χ3v) is 4.73. The molecule has 0 spiro atoms. The average Bonchev–Trinajstić information content (AvgIpc) is 2.73. The Kier molecular flexibility index (Phi) is 7.07. The first kappa shape index (κ1) is 20.7. The van der Waals surface area contributed by atoms with E-state index in [1.807, 2.05) is 48.5 Å². The maximum Gasteiger partial charge on any atom is 0.266 e. The molecule has 3 rings (SSSR count). The fourth-order valence-corrected chi connectivity index (χ4v) is 3.03. The van der Waals surface area contributed by atoms with E-state index >= 15 is 0 Å². The van der Waals surface area contributed by atoms with Gasteiger partial charge in [0, 0.05) is 20.7 Å². The van der Waals surface area contributed by atoms with E-state index in [-0.39, 0.29) is 5.57 Å². The number of nitrogens with one attached hydrogen (secondary N) is 1. The molecule has 1 N–H and O–H groups in total. The first-order valence-corrected chi connectivity index (χ1v) is 9.87. The van der Waals surface area contributed by atoms with E-state index in [1.54, 1.807) is 30.3 Å². The minimum absolute atomic E-state index is 0.0216. The van der Waals surface area contributed by atoms with Crippen LogP contribution in [0.4, 0.5) is 5.69 Å². The molecule has 3 aromatic carbocycles. The molecule has 0 aliphatic carbocycles. The van der Waals surface area contributed by atoms with Gasteiger partial charge in [0.05, 0.1) is 0 Å². The molecule has 0 saturated heterocycles. The van der Waals surface area contributed by atoms with Crippen molar-refractivity contribution in [1.29, 1.82) is 5.26 Å². The zero-order valence-electron chi connectivity index (χ0n) is 15.2. The van der Waals surface area contributed by atoms with Crippen LogP contribution in [0.1, 0.15) is 11.1 Å². The highest BCUT2D eigenvalue weighted by molar-refractivity contribution is 9.10. The van der Waals surface area contributed by atoms with Crippen LogP contribution in [0.3, 0.4) is 0 Å². The molecule has 0 saturated carbocycles. The minimum atomic E-state index is -0.487. The zero-order chi connectivity index (χ0) is 20.6. The van der Waals surface area contributed by atoms with Gasteiger partial charge in [-0.25, -0.2) is 0 Å². The largest absolute Gasteiger partial charge is 0.488 e. The van der Waals surface area contributed by atoms with E-state index in [9.17, 15) is 10.1 Å². The molecular formula is C23H16BrClN2O2. The molecule has 0 radical (unpaired) electrons. The zero-order valence-corrected chi connectivity index (χ0v) is 17.6. The number of halogens is 2. The highest BCUT2D eigenvalue weighted by Gasteiger charge is 2.11. The smallest absolute Gasteiger partial charge is 0.266 e. The van der Waals surface area contributed by atoms with Crippen molar-refractivity contribution in [3.8, 4) is 11.8 Å². The lowest BCUT2D eigenvalue weighted by atomic mass is 10.1. The summed E-state index contributed by atoms with van der Waals surface area (Å²) in [6, 6.07) is 23.7. The number of nitrogens with zero attached hydrogens (tertiary/aromatic N) is 1. The summed E-state index contributed by atoms with van der Waals surface area (Å²) in [4.78, 5) is 12.5. The van der Waals surface area contributed by atoms with Crippen molar-refractivity contribution in [2.45, 2.75) is 6.61 Å². The fraction of sp³-hybridized carbons (Fsp3) is 0.0435. The van der Waals surface area contributed by atoms with Gasteiger partial charge in [-0.2, -0.15) is 5.26 Å². The van der Waals surface area contributed by atoms with Gasteiger partial charge in [-0.1, -0.05) is 57.9 Å². The molecule has 0 aliphatic rings. The van der Waals surface area contributed by atoms with Crippen LogP contribution >= 0.6 is 27.5 Å². The van der Waals surface area contributed by atoms with Crippen molar-refractivity contribution >= 4 is 45.2 Å². The van der Waals surface area contributed by atoms with E-state index < -0.39 is 5.91 Å². The SMILES string of the molecule is N#C/C(=C\c1ccccc1OCc1cccc(Cl)c1)C(=O)Nc1ccc(Br)cc1. The number of ether oxygens (including phenoxy) is 1. The van der Waals surface area contributed by atoms with E-state index in [0.29, 0.717) is 28.6 Å². The van der Waals surface area contributed by atoms with E-state index in [0.717, 1.165) is 10.0 Å². The highest BCUT2D eigenvalue weighted by Crippen LogP contribution is 2.23. The summed E-state index contributed by atoms with van der Waals surface area (Å²) in [6.07, 6.45) is 1.52. The topological polar surface area (TPSA) is 62.1 Å². The molecule has 0 bridgehead atoms. The Balaban J connectivity index is 1.77. The number of hydrogen-bond donors (Lipinski definition) is 1. The number of nitriles is 1. The van der Waals surface area contributed by atoms with Crippen LogP contribution < -0.4 is 10.1 Å². The third kappa shape index (κ3) is 5.95. The van der Waals surface area contributed by atoms with Gasteiger partial charge in [-0.05, 0) is 54.1 Å². The van der Waals surface area contributed by atoms with Crippen LogP contribution in [0, 0.1) is 11.3 Å². The van der Waals surface area contributed by atoms with Gasteiger partial charge in [-0.3, -0.25) is 4.79 Å². The van der Waals surface area contributed by atoms with E-state index in [2.05, 4.69) is 21.2 Å². The second-order valence-corrected chi connectivity index (χ2v) is 7.44. The van der Waals surface area contributed by atoms with Gasteiger partial charge in [0.25, 0.3) is 5.91 Å². The molecule has 4 nitrogen and oxygen atoms in total. The number of benzene rings is 3. The molecule has 3 aromatic rings. The van der Waals surface area contributed by atoms with Crippen LogP contribution in [-0.2, 0) is 11.4 Å². The van der Waals surface area contributed by atoms with Gasteiger partial charge < -0.3 is 10.1 Å². The first-order valence-electron chi connectivity index (χ1n) is 8.70. The van der Waals surface area contributed by atoms with E-state index in [4.69, 9.17) is 16.3 Å². The Morgan fingerprint density at radius 2 is 1.86 bits per heavy atom. The van der Waals surface area contributed by atoms with Crippen molar-refractivity contribution < 1.29 is 9.53 Å². The van der Waals surface area contributed by atoms with Crippen molar-refractivity contribution in [3.63, 3.8) is 0 Å². The molecule has 0 atom stereocenters. The number of anilines is 1. The number of rotatable bonds is 6. The second kappa shape index (κ2) is 9.92. The van der Waals surface area contributed by atoms with Crippen molar-refractivity contribution in [2.24, 2.45) is 0 Å². The molecular weight excluding hydrogens is 452 g/mol. The normalized spacial score (nSPS) is 10.9. The summed E-state index contributed by atoms with van der Waals surface area (Å²) in [5, 5.41) is 12.8. The molecule has 0 aliphatic heterocycles. The first-order chi connectivity index (χ1) is 14.0. The summed E-state index contributed by atoms with van der Waals surface area (Å²) < 4.78 is 6.79. The van der Waals surface area contributed by atoms with Crippen LogP contribution in [0.25, 0.3) is 6.08 Å². The number of hydrogen-bond acceptors (Lipinski definition) is 3. The van der Waals surface area contributed by atoms with Gasteiger partial charge in [0.1, 0.15) is 24.0 Å². The van der Waals surface area contributed by atoms with Gasteiger partial charge in [0.2, 0.25) is 0 Å². The molecule has 29 heavy (non-hydrogen) atoms. The summed E-state index contributed by atoms with van der Waals surface area (Å²) in [6.45, 7) is 0.318. The third-order valence-electron chi connectivity index (χ3n) is 3.97. The summed E-state index contributed by atoms with van der Waals surface area (Å²) in [5.74, 6) is 0.0798. The Morgan fingerprint density at radius 3 is 2.59 bits per heavy atom. The van der Waals surface area contributed by atoms with Crippen molar-refractivity contribution in [3.05, 3.63) is 99.0 Å². The lowest BCUT2D eigenvalue weighted by Crippen LogP contribution is -2.13. The maximum atomic E-state index is 12.5. The van der Waals surface area contributed by atoms with Crippen LogP contribution in [-0.4, -0.2) is 5.91 Å². The lowest BCUT2D eigenvalue weighted by Gasteiger charge is -2.10. The van der Waals surface area contributed by atoms with Crippen molar-refractivity contribution in [2.75, 3.05) is 5.32 Å². The number of amides is 1. The van der Waals surface area contributed by atoms with Gasteiger partial charge in [0.15, 0.2) is 0 Å². The Morgan fingerprint density at radius 1 is 1.10 bits per heavy atom. The monoisotopic (exact) mass is 466 g/mol. The lowest BCUT2D eigenvalue weighted by molar-refractivity contribution is -0.112. The fourth-order valence-electron chi connectivity index (χ4n) is 2.55. The number of carbonyl (C=O) groups is 1. The van der Waals surface area contributed by atoms with Gasteiger partial charge in [-0.15, -0.1) is 0 Å². The maximum absolute atomic E-state index is 12.5. The second-order valence-electron chi connectivity index (χ2n) is 6.09. The number of carbonyl (C=O) groups excluding carboxylic acids is 1. The summed E-state index contributed by atoms with van der Waals surface area (Å²) in [5.41, 5.74) is 2.14. The predicted octanol–water partition coefficient (Wildman–Crippen LogP) is 6.23. The molecule has 6 heteroatoms. The quantitative estimate of drug-likeness (QED) is 0.345. The summed E-state index contributed by atoms with van der Waals surface area (Å²) >= 11 is 9.35. The van der Waals surface area contributed by atoms with Crippen molar-refractivity contribution in [1.82, 2.24) is 0 Å². The van der Waals surface area contributed by atoms with Crippen LogP contribution in [0.5, 0.6) is 5.75 Å². The predicted molar refractivity (Wildman–Crippen MR) is 119 cm³/mol. The Labute approximate surface area is 182 Å². The molecule has 1 amide bonds. The Hall–Kier alpha value is -3.07. The average molecular weight is 468 g/mol. The van der Waals surface area contributed by atoms with Crippen LogP contribution in [0.15, 0.2) is 82.8 Å². The van der Waals surface area contributed by atoms with E-state index in [1.165, 1.54) is 6.08 Å². The Bertz CT molecular complexity index is 1090. The number of para-hydroxylation sites is 1. The van der Waals surface area contributed by atoms with Crippen LogP contribution in [0.2, 0.25) is 5.02 Å². The molecule has 0 fully saturated rings. The molecule has 144 valence electrons. The molecule has 0 aromatic heterocycles. The summed E-state index contributed by atoms with van der Waals surface area (Å²) in [7, 11) is 0. The van der Waals surface area contributed by atoms with Gasteiger partial charge >= 0.3 is 0 Å². The highest BCUT2D eigenvalue weighted by atomic mass is 79.9.